The topological polar surface area (TPSA) is 73.8 Å². The largest absolute Gasteiger partial charge is 0.333 e. The number of aromatic nitrogens is 4. The summed E-state index contributed by atoms with van der Waals surface area (Å²) in [5.74, 6) is 0.769. The van der Waals surface area contributed by atoms with Crippen LogP contribution in [0.15, 0.2) is 9.59 Å². The molecule has 1 aliphatic heterocycles. The van der Waals surface area contributed by atoms with E-state index in [1.54, 1.807) is 4.57 Å². The van der Waals surface area contributed by atoms with Crippen molar-refractivity contribution in [3.63, 3.8) is 0 Å². The minimum absolute atomic E-state index is 0.0455. The van der Waals surface area contributed by atoms with Gasteiger partial charge in [-0.3, -0.25) is 13.9 Å². The Morgan fingerprint density at radius 3 is 2.64 bits per heavy atom. The van der Waals surface area contributed by atoms with Gasteiger partial charge in [0.2, 0.25) is 0 Å². The Balaban J connectivity index is 2.46. The summed E-state index contributed by atoms with van der Waals surface area (Å²) < 4.78 is 4.97. The summed E-state index contributed by atoms with van der Waals surface area (Å²) in [6.07, 6.45) is 0.804. The standard InChI is InChI=1S/C15H23N5O2/c1-5-18-10(4)17-13-12(18)14(21)20(11-6-7-16-8-11)15(22)19(13)9(2)3/h9,11,16H,5-8H2,1-4H3. The lowest BCUT2D eigenvalue weighted by molar-refractivity contribution is 0.461. The average molecular weight is 305 g/mol. The van der Waals surface area contributed by atoms with E-state index in [2.05, 4.69) is 10.3 Å². The van der Waals surface area contributed by atoms with Crippen LogP contribution in [0.2, 0.25) is 0 Å². The molecule has 7 nitrogen and oxygen atoms in total. The van der Waals surface area contributed by atoms with Crippen LogP contribution in [0, 0.1) is 6.92 Å². The maximum atomic E-state index is 13.0. The van der Waals surface area contributed by atoms with Crippen molar-refractivity contribution >= 4 is 11.2 Å². The number of fused-ring (bicyclic) bond motifs is 1. The first kappa shape index (κ1) is 15.0. The summed E-state index contributed by atoms with van der Waals surface area (Å²) in [4.78, 5) is 30.3. The monoisotopic (exact) mass is 305 g/mol. The highest BCUT2D eigenvalue weighted by atomic mass is 16.2. The van der Waals surface area contributed by atoms with Gasteiger partial charge in [-0.25, -0.2) is 9.78 Å². The van der Waals surface area contributed by atoms with Gasteiger partial charge in [-0.15, -0.1) is 0 Å². The molecule has 0 amide bonds. The molecule has 120 valence electrons. The number of nitrogens with one attached hydrogen (secondary N) is 1. The lowest BCUT2D eigenvalue weighted by atomic mass is 10.2. The van der Waals surface area contributed by atoms with E-state index >= 15 is 0 Å². The molecule has 3 rings (SSSR count). The van der Waals surface area contributed by atoms with Gasteiger partial charge in [0.1, 0.15) is 5.82 Å². The van der Waals surface area contributed by atoms with Crippen LogP contribution < -0.4 is 16.6 Å². The fourth-order valence-corrected chi connectivity index (χ4v) is 3.37. The second-order valence-electron chi connectivity index (χ2n) is 6.14. The van der Waals surface area contributed by atoms with Crippen molar-refractivity contribution in [3.05, 3.63) is 26.7 Å². The Morgan fingerprint density at radius 1 is 1.36 bits per heavy atom. The Morgan fingerprint density at radius 2 is 2.09 bits per heavy atom. The Kier molecular flexibility index (Phi) is 3.68. The summed E-state index contributed by atoms with van der Waals surface area (Å²) in [6, 6.07) is -0.120. The molecule has 0 aromatic carbocycles. The fourth-order valence-electron chi connectivity index (χ4n) is 3.37. The van der Waals surface area contributed by atoms with Crippen molar-refractivity contribution < 1.29 is 0 Å². The van der Waals surface area contributed by atoms with E-state index in [1.165, 1.54) is 4.57 Å². The maximum Gasteiger partial charge on any atom is 0.333 e. The summed E-state index contributed by atoms with van der Waals surface area (Å²) in [5.41, 5.74) is 0.585. The Bertz CT molecular complexity index is 821. The molecule has 1 fully saturated rings. The SMILES string of the molecule is CCn1c(C)nc2c1c(=O)n(C1CCNC1)c(=O)n2C(C)C. The van der Waals surface area contributed by atoms with Crippen LogP contribution in [0.25, 0.3) is 11.2 Å². The van der Waals surface area contributed by atoms with Gasteiger partial charge < -0.3 is 9.88 Å². The number of imidazole rings is 1. The normalized spacial score (nSPS) is 18.7. The maximum absolute atomic E-state index is 13.0. The van der Waals surface area contributed by atoms with Crippen molar-refractivity contribution in [3.8, 4) is 0 Å². The highest BCUT2D eigenvalue weighted by molar-refractivity contribution is 5.71. The van der Waals surface area contributed by atoms with Crippen LogP contribution in [0.1, 0.15) is 45.1 Å². The van der Waals surface area contributed by atoms with E-state index in [1.807, 2.05) is 32.3 Å². The zero-order valence-corrected chi connectivity index (χ0v) is 13.6. The molecule has 1 atom stereocenters. The molecule has 0 saturated carbocycles. The zero-order chi connectivity index (χ0) is 16.0. The lowest BCUT2D eigenvalue weighted by Crippen LogP contribution is -2.44. The molecule has 1 unspecified atom stereocenters. The van der Waals surface area contributed by atoms with Gasteiger partial charge in [0, 0.05) is 19.1 Å². The predicted molar refractivity (Wildman–Crippen MR) is 85.6 cm³/mol. The first-order valence-electron chi connectivity index (χ1n) is 7.92. The minimum Gasteiger partial charge on any atom is -0.323 e. The zero-order valence-electron chi connectivity index (χ0n) is 13.6. The highest BCUT2D eigenvalue weighted by Crippen LogP contribution is 2.17. The number of aryl methyl sites for hydroxylation is 2. The number of rotatable bonds is 3. The lowest BCUT2D eigenvalue weighted by Gasteiger charge is -2.18. The van der Waals surface area contributed by atoms with Crippen LogP contribution >= 0.6 is 0 Å². The van der Waals surface area contributed by atoms with E-state index in [-0.39, 0.29) is 23.3 Å². The van der Waals surface area contributed by atoms with E-state index < -0.39 is 0 Å². The van der Waals surface area contributed by atoms with Gasteiger partial charge in [-0.1, -0.05) is 0 Å². The summed E-state index contributed by atoms with van der Waals surface area (Å²) >= 11 is 0. The first-order valence-corrected chi connectivity index (χ1v) is 7.92. The molecular weight excluding hydrogens is 282 g/mol. The van der Waals surface area contributed by atoms with E-state index in [0.29, 0.717) is 24.3 Å². The smallest absolute Gasteiger partial charge is 0.323 e. The third-order valence-corrected chi connectivity index (χ3v) is 4.43. The molecule has 1 aliphatic rings. The fraction of sp³-hybridized carbons (Fsp3) is 0.667. The molecular formula is C15H23N5O2. The van der Waals surface area contributed by atoms with E-state index in [0.717, 1.165) is 18.8 Å². The first-order chi connectivity index (χ1) is 10.5. The molecule has 3 heterocycles. The number of nitrogens with zero attached hydrogens (tertiary/aromatic N) is 4. The highest BCUT2D eigenvalue weighted by Gasteiger charge is 2.26. The van der Waals surface area contributed by atoms with Gasteiger partial charge in [-0.2, -0.15) is 0 Å². The number of hydrogen-bond donors (Lipinski definition) is 1. The van der Waals surface area contributed by atoms with E-state index in [9.17, 15) is 9.59 Å². The molecule has 0 spiro atoms. The molecule has 1 saturated heterocycles. The summed E-state index contributed by atoms with van der Waals surface area (Å²) in [7, 11) is 0. The van der Waals surface area contributed by atoms with Crippen molar-refractivity contribution in [1.29, 1.82) is 0 Å². The summed E-state index contributed by atoms with van der Waals surface area (Å²) in [6.45, 7) is 9.92. The van der Waals surface area contributed by atoms with Gasteiger partial charge in [0.05, 0.1) is 6.04 Å². The minimum atomic E-state index is -0.248. The second-order valence-corrected chi connectivity index (χ2v) is 6.14. The third-order valence-electron chi connectivity index (χ3n) is 4.43. The van der Waals surface area contributed by atoms with E-state index in [4.69, 9.17) is 0 Å². The van der Waals surface area contributed by atoms with Crippen LogP contribution in [0.3, 0.4) is 0 Å². The quantitative estimate of drug-likeness (QED) is 0.910. The average Bonchev–Trinajstić information content (AvgIpc) is 3.06. The van der Waals surface area contributed by atoms with Crippen LogP contribution in [-0.4, -0.2) is 31.8 Å². The predicted octanol–water partition coefficient (Wildman–Crippen LogP) is 0.803. The number of hydrogen-bond acceptors (Lipinski definition) is 4. The van der Waals surface area contributed by atoms with Crippen molar-refractivity contribution in [2.24, 2.45) is 0 Å². The van der Waals surface area contributed by atoms with Gasteiger partial charge >= 0.3 is 5.69 Å². The Hall–Kier alpha value is -1.89. The molecule has 0 bridgehead atoms. The molecule has 0 radical (unpaired) electrons. The summed E-state index contributed by atoms with van der Waals surface area (Å²) in [5, 5.41) is 3.23. The van der Waals surface area contributed by atoms with Crippen molar-refractivity contribution in [2.45, 2.75) is 52.7 Å². The van der Waals surface area contributed by atoms with Gasteiger partial charge in [0.25, 0.3) is 5.56 Å². The van der Waals surface area contributed by atoms with Crippen molar-refractivity contribution in [1.82, 2.24) is 24.0 Å². The molecule has 1 N–H and O–H groups in total. The molecule has 7 heteroatoms. The molecule has 0 aliphatic carbocycles. The van der Waals surface area contributed by atoms with Gasteiger partial charge in [-0.05, 0) is 40.7 Å². The third kappa shape index (κ3) is 2.03. The van der Waals surface area contributed by atoms with Crippen LogP contribution in [0.4, 0.5) is 0 Å². The van der Waals surface area contributed by atoms with Gasteiger partial charge in [0.15, 0.2) is 11.2 Å². The van der Waals surface area contributed by atoms with Crippen LogP contribution in [0.5, 0.6) is 0 Å². The molecule has 2 aromatic heterocycles. The molecule has 22 heavy (non-hydrogen) atoms. The molecule has 2 aromatic rings. The Labute approximate surface area is 128 Å². The van der Waals surface area contributed by atoms with Crippen LogP contribution in [-0.2, 0) is 6.54 Å². The van der Waals surface area contributed by atoms with Crippen molar-refractivity contribution in [2.75, 3.05) is 13.1 Å². The second kappa shape index (κ2) is 5.39.